The topological polar surface area (TPSA) is 0 Å². The molecule has 0 radical (unpaired) electrons. The van der Waals surface area contributed by atoms with Gasteiger partial charge in [-0.2, -0.15) is 0 Å². The third kappa shape index (κ3) is 2.52. The van der Waals surface area contributed by atoms with Crippen LogP contribution in [0.3, 0.4) is 0 Å². The summed E-state index contributed by atoms with van der Waals surface area (Å²) in [6.07, 6.45) is 13.8. The van der Waals surface area contributed by atoms with Gasteiger partial charge in [-0.1, -0.05) is 42.8 Å². The van der Waals surface area contributed by atoms with Crippen molar-refractivity contribution >= 4 is 0 Å². The molecule has 0 aliphatic heterocycles. The third-order valence-electron chi connectivity index (χ3n) is 3.94. The minimum absolute atomic E-state index is 1.14. The van der Waals surface area contributed by atoms with E-state index in [2.05, 4.69) is 36.4 Å². The minimum atomic E-state index is 1.14. The summed E-state index contributed by atoms with van der Waals surface area (Å²) in [5, 5.41) is 0. The van der Waals surface area contributed by atoms with E-state index in [1.54, 1.807) is 11.1 Å². The van der Waals surface area contributed by atoms with Crippen molar-refractivity contribution in [2.45, 2.75) is 44.9 Å². The smallest absolute Gasteiger partial charge is 0.00261 e. The molecule has 0 heteroatoms. The van der Waals surface area contributed by atoms with Crippen LogP contribution in [0.2, 0.25) is 0 Å². The normalized spacial score (nSPS) is 20.0. The van der Waals surface area contributed by atoms with Crippen molar-refractivity contribution < 1.29 is 0 Å². The van der Waals surface area contributed by atoms with E-state index in [0.29, 0.717) is 0 Å². The van der Waals surface area contributed by atoms with Gasteiger partial charge in [-0.15, -0.1) is 0 Å². The molecule has 0 saturated carbocycles. The molecule has 3 rings (SSSR count). The van der Waals surface area contributed by atoms with Crippen LogP contribution in [-0.2, 0) is 12.8 Å². The zero-order chi connectivity index (χ0) is 11.5. The van der Waals surface area contributed by atoms with E-state index in [0.717, 1.165) is 12.8 Å². The molecule has 88 valence electrons. The maximum atomic E-state index is 2.43. The van der Waals surface area contributed by atoms with Crippen LogP contribution in [0, 0.1) is 0 Å². The molecule has 0 atom stereocenters. The first-order chi connectivity index (χ1) is 8.42. The molecular formula is C17H20. The summed E-state index contributed by atoms with van der Waals surface area (Å²) in [6.45, 7) is 0. The van der Waals surface area contributed by atoms with Crippen molar-refractivity contribution in [1.82, 2.24) is 0 Å². The number of hydrogen-bond acceptors (Lipinski definition) is 0. The molecule has 0 nitrogen and oxygen atoms in total. The molecule has 2 bridgehead atoms. The van der Waals surface area contributed by atoms with Crippen molar-refractivity contribution in [1.29, 1.82) is 0 Å². The van der Waals surface area contributed by atoms with Crippen LogP contribution in [0.25, 0.3) is 0 Å². The van der Waals surface area contributed by atoms with E-state index >= 15 is 0 Å². The summed E-state index contributed by atoms with van der Waals surface area (Å²) >= 11 is 0. The molecule has 0 N–H and O–H groups in total. The van der Waals surface area contributed by atoms with Crippen LogP contribution >= 0.6 is 0 Å². The van der Waals surface area contributed by atoms with Gasteiger partial charge in [-0.25, -0.2) is 0 Å². The molecular weight excluding hydrogens is 204 g/mol. The average Bonchev–Trinajstić information content (AvgIpc) is 2.75. The Kier molecular flexibility index (Phi) is 3.13. The maximum absolute atomic E-state index is 2.43. The summed E-state index contributed by atoms with van der Waals surface area (Å²) in [5.74, 6) is 0. The molecule has 0 fully saturated rings. The van der Waals surface area contributed by atoms with Gasteiger partial charge in [-0.3, -0.25) is 0 Å². The average molecular weight is 224 g/mol. The van der Waals surface area contributed by atoms with Gasteiger partial charge in [0.1, 0.15) is 0 Å². The zero-order valence-corrected chi connectivity index (χ0v) is 10.4. The highest BCUT2D eigenvalue weighted by atomic mass is 14.2. The van der Waals surface area contributed by atoms with Crippen molar-refractivity contribution in [2.75, 3.05) is 0 Å². The standard InChI is InChI=1S/C17H20/c1-2-6-14-7-4-8-15(12-14)13-17-11-5-10-16(17)9-3-1/h4,7-8,10-12H,1-3,5-6,9,13H2. The van der Waals surface area contributed by atoms with Gasteiger partial charge in [-0.05, 0) is 60.8 Å². The van der Waals surface area contributed by atoms with E-state index in [9.17, 15) is 0 Å². The van der Waals surface area contributed by atoms with Gasteiger partial charge in [0, 0.05) is 0 Å². The van der Waals surface area contributed by atoms with Crippen LogP contribution in [0.4, 0.5) is 0 Å². The second-order valence-electron chi connectivity index (χ2n) is 5.25. The fourth-order valence-electron chi connectivity index (χ4n) is 2.99. The SMILES string of the molecule is C1=C2CCCCCc3cccc(c3)CC2=CC1. The number of aryl methyl sites for hydroxylation is 1. The lowest BCUT2D eigenvalue weighted by Crippen LogP contribution is -1.93. The van der Waals surface area contributed by atoms with Crippen LogP contribution in [0.1, 0.15) is 43.2 Å². The number of rotatable bonds is 0. The van der Waals surface area contributed by atoms with Crippen molar-refractivity contribution in [2.24, 2.45) is 0 Å². The molecule has 0 aromatic heterocycles. The molecule has 0 saturated heterocycles. The minimum Gasteiger partial charge on any atom is -0.0772 e. The van der Waals surface area contributed by atoms with Gasteiger partial charge >= 0.3 is 0 Å². The largest absolute Gasteiger partial charge is 0.0772 e. The van der Waals surface area contributed by atoms with Crippen molar-refractivity contribution in [3.8, 4) is 0 Å². The predicted octanol–water partition coefficient (Wildman–Crippen LogP) is 4.60. The maximum Gasteiger partial charge on any atom is -0.00261 e. The molecule has 0 spiro atoms. The Hall–Kier alpha value is -1.30. The monoisotopic (exact) mass is 224 g/mol. The predicted molar refractivity (Wildman–Crippen MR) is 73.1 cm³/mol. The van der Waals surface area contributed by atoms with E-state index in [-0.39, 0.29) is 0 Å². The number of hydrogen-bond donors (Lipinski definition) is 0. The Morgan fingerprint density at radius 3 is 2.59 bits per heavy atom. The van der Waals surface area contributed by atoms with E-state index in [1.165, 1.54) is 43.2 Å². The highest BCUT2D eigenvalue weighted by molar-refractivity contribution is 5.41. The summed E-state index contributed by atoms with van der Waals surface area (Å²) in [4.78, 5) is 0. The van der Waals surface area contributed by atoms with Crippen molar-refractivity contribution in [3.63, 3.8) is 0 Å². The lowest BCUT2D eigenvalue weighted by atomic mass is 9.97. The Balaban J connectivity index is 1.89. The molecule has 1 aromatic carbocycles. The van der Waals surface area contributed by atoms with Crippen LogP contribution < -0.4 is 0 Å². The molecule has 1 aromatic rings. The molecule has 0 heterocycles. The fraction of sp³-hybridized carbons (Fsp3) is 0.412. The Bertz CT molecular complexity index is 463. The van der Waals surface area contributed by atoms with Crippen molar-refractivity contribution in [3.05, 3.63) is 58.7 Å². The van der Waals surface area contributed by atoms with Crippen LogP contribution in [0.15, 0.2) is 47.6 Å². The highest BCUT2D eigenvalue weighted by Crippen LogP contribution is 2.28. The lowest BCUT2D eigenvalue weighted by molar-refractivity contribution is 0.678. The third-order valence-corrected chi connectivity index (χ3v) is 3.94. The Morgan fingerprint density at radius 1 is 0.765 bits per heavy atom. The second-order valence-corrected chi connectivity index (χ2v) is 5.25. The number of fused-ring (bicyclic) bond motifs is 3. The summed E-state index contributed by atoms with van der Waals surface area (Å²) in [5.41, 5.74) is 6.22. The first-order valence-electron chi connectivity index (χ1n) is 6.88. The van der Waals surface area contributed by atoms with Gasteiger partial charge < -0.3 is 0 Å². The van der Waals surface area contributed by atoms with Crippen LogP contribution in [-0.4, -0.2) is 0 Å². The fourth-order valence-corrected chi connectivity index (χ4v) is 2.99. The van der Waals surface area contributed by atoms with Gasteiger partial charge in [0.25, 0.3) is 0 Å². The van der Waals surface area contributed by atoms with E-state index in [1.807, 2.05) is 0 Å². The summed E-state index contributed by atoms with van der Waals surface area (Å²) in [6, 6.07) is 9.18. The molecule has 0 unspecified atom stereocenters. The molecule has 0 amide bonds. The Morgan fingerprint density at radius 2 is 1.59 bits per heavy atom. The number of allylic oxidation sites excluding steroid dienone is 4. The zero-order valence-electron chi connectivity index (χ0n) is 10.4. The Labute approximate surface area is 104 Å². The highest BCUT2D eigenvalue weighted by Gasteiger charge is 2.11. The van der Waals surface area contributed by atoms with Gasteiger partial charge in [0.05, 0.1) is 0 Å². The molecule has 17 heavy (non-hydrogen) atoms. The first kappa shape index (κ1) is 10.8. The van der Waals surface area contributed by atoms with E-state index in [4.69, 9.17) is 0 Å². The van der Waals surface area contributed by atoms with Crippen LogP contribution in [0.5, 0.6) is 0 Å². The molecule has 2 aliphatic rings. The lowest BCUT2D eigenvalue weighted by Gasteiger charge is -2.08. The second kappa shape index (κ2) is 4.91. The summed E-state index contributed by atoms with van der Waals surface area (Å²) < 4.78 is 0. The quantitative estimate of drug-likeness (QED) is 0.604. The van der Waals surface area contributed by atoms with Gasteiger partial charge in [0.15, 0.2) is 0 Å². The molecule has 2 aliphatic carbocycles. The van der Waals surface area contributed by atoms with E-state index < -0.39 is 0 Å². The van der Waals surface area contributed by atoms with Gasteiger partial charge in [0.2, 0.25) is 0 Å². The number of benzene rings is 1. The summed E-state index contributed by atoms with van der Waals surface area (Å²) in [7, 11) is 0. The first-order valence-corrected chi connectivity index (χ1v) is 6.88.